The third-order valence-electron chi connectivity index (χ3n) is 7.07. The second-order valence-electron chi connectivity index (χ2n) is 9.77. The molecule has 0 radical (unpaired) electrons. The molecule has 9 heteroatoms. The third-order valence-corrected chi connectivity index (χ3v) is 7.07. The predicted octanol–water partition coefficient (Wildman–Crippen LogP) is 4.46. The molecule has 2 aromatic rings. The lowest BCUT2D eigenvalue weighted by Crippen LogP contribution is -2.45. The van der Waals surface area contributed by atoms with Crippen molar-refractivity contribution in [3.8, 4) is 0 Å². The molecule has 1 saturated heterocycles. The number of alkyl halides is 3. The number of pyridine rings is 1. The van der Waals surface area contributed by atoms with E-state index in [9.17, 15) is 18.0 Å². The van der Waals surface area contributed by atoms with Gasteiger partial charge in [-0.3, -0.25) is 9.69 Å². The number of amides is 1. The van der Waals surface area contributed by atoms with Gasteiger partial charge in [0.15, 0.2) is 0 Å². The van der Waals surface area contributed by atoms with Crippen molar-refractivity contribution in [1.82, 2.24) is 20.1 Å². The van der Waals surface area contributed by atoms with Crippen LogP contribution in [0.2, 0.25) is 0 Å². The van der Waals surface area contributed by atoms with Gasteiger partial charge in [0.05, 0.1) is 5.92 Å². The number of rotatable bonds is 8. The number of anilines is 1. The van der Waals surface area contributed by atoms with Gasteiger partial charge in [-0.2, -0.15) is 13.2 Å². The minimum absolute atomic E-state index is 0.149. The van der Waals surface area contributed by atoms with Gasteiger partial charge in [-0.25, -0.2) is 4.98 Å². The Morgan fingerprint density at radius 1 is 1.17 bits per heavy atom. The summed E-state index contributed by atoms with van der Waals surface area (Å²) in [4.78, 5) is 21.1. The number of aromatic nitrogens is 1. The minimum Gasteiger partial charge on any atom is -0.375 e. The number of halogens is 3. The highest BCUT2D eigenvalue weighted by atomic mass is 19.4. The summed E-state index contributed by atoms with van der Waals surface area (Å²) in [6, 6.07) is 11.2. The van der Waals surface area contributed by atoms with Crippen LogP contribution in [0.1, 0.15) is 41.3 Å². The SMILES string of the molecule is C=C(C)N1CCC(Nc2cc(C(=O)NCC(CN3CCc4ccccc4C3)C(F)(F)F)ccn2)CC1. The molecular formula is C27H34F3N5O. The maximum absolute atomic E-state index is 13.8. The summed E-state index contributed by atoms with van der Waals surface area (Å²) in [5, 5.41) is 5.86. The molecule has 1 fully saturated rings. The van der Waals surface area contributed by atoms with E-state index in [0.29, 0.717) is 24.5 Å². The van der Waals surface area contributed by atoms with Crippen LogP contribution >= 0.6 is 0 Å². The topological polar surface area (TPSA) is 60.5 Å². The lowest BCUT2D eigenvalue weighted by Gasteiger charge is -2.34. The summed E-state index contributed by atoms with van der Waals surface area (Å²) in [5.41, 5.74) is 3.59. The van der Waals surface area contributed by atoms with E-state index < -0.39 is 24.5 Å². The molecule has 2 N–H and O–H groups in total. The van der Waals surface area contributed by atoms with Gasteiger partial charge in [-0.1, -0.05) is 30.8 Å². The third kappa shape index (κ3) is 6.78. The molecule has 1 amide bonds. The fraction of sp³-hybridized carbons (Fsp3) is 0.481. The summed E-state index contributed by atoms with van der Waals surface area (Å²) in [7, 11) is 0. The highest BCUT2D eigenvalue weighted by Crippen LogP contribution is 2.29. The largest absolute Gasteiger partial charge is 0.394 e. The number of piperidine rings is 1. The molecule has 36 heavy (non-hydrogen) atoms. The van der Waals surface area contributed by atoms with E-state index in [1.54, 1.807) is 6.07 Å². The summed E-state index contributed by atoms with van der Waals surface area (Å²) in [5.74, 6) is -1.63. The predicted molar refractivity (Wildman–Crippen MR) is 135 cm³/mol. The highest BCUT2D eigenvalue weighted by molar-refractivity contribution is 5.94. The zero-order valence-corrected chi connectivity index (χ0v) is 20.7. The van der Waals surface area contributed by atoms with Gasteiger partial charge in [0.2, 0.25) is 0 Å². The average molecular weight is 502 g/mol. The van der Waals surface area contributed by atoms with E-state index in [2.05, 4.69) is 27.1 Å². The van der Waals surface area contributed by atoms with E-state index in [0.717, 1.165) is 43.6 Å². The molecule has 1 unspecified atom stereocenters. The van der Waals surface area contributed by atoms with Gasteiger partial charge in [0.1, 0.15) is 5.82 Å². The van der Waals surface area contributed by atoms with Gasteiger partial charge < -0.3 is 15.5 Å². The summed E-state index contributed by atoms with van der Waals surface area (Å²) < 4.78 is 41.5. The van der Waals surface area contributed by atoms with Crippen molar-refractivity contribution in [2.45, 2.75) is 44.9 Å². The normalized spacial score (nSPS) is 17.8. The fourth-order valence-electron chi connectivity index (χ4n) is 4.89. The first-order valence-electron chi connectivity index (χ1n) is 12.5. The molecule has 1 aromatic carbocycles. The lowest BCUT2D eigenvalue weighted by molar-refractivity contribution is -0.177. The van der Waals surface area contributed by atoms with Crippen molar-refractivity contribution in [2.24, 2.45) is 5.92 Å². The highest BCUT2D eigenvalue weighted by Gasteiger charge is 2.41. The molecule has 1 aromatic heterocycles. The van der Waals surface area contributed by atoms with E-state index in [1.807, 2.05) is 36.1 Å². The molecule has 0 spiro atoms. The molecule has 0 saturated carbocycles. The maximum atomic E-state index is 13.8. The quantitative estimate of drug-likeness (QED) is 0.560. The van der Waals surface area contributed by atoms with Crippen molar-refractivity contribution in [2.75, 3.05) is 38.0 Å². The number of likely N-dealkylation sites (tertiary alicyclic amines) is 1. The zero-order valence-electron chi connectivity index (χ0n) is 20.7. The van der Waals surface area contributed by atoms with Gasteiger partial charge in [0, 0.05) is 62.8 Å². The molecular weight excluding hydrogens is 467 g/mol. The molecule has 4 rings (SSSR count). The Balaban J connectivity index is 1.32. The Morgan fingerprint density at radius 2 is 1.89 bits per heavy atom. The molecule has 2 aliphatic heterocycles. The lowest BCUT2D eigenvalue weighted by atomic mass is 9.98. The summed E-state index contributed by atoms with van der Waals surface area (Å²) in [6.45, 7) is 8.21. The first-order chi connectivity index (χ1) is 17.2. The van der Waals surface area contributed by atoms with Crippen LogP contribution in [0.3, 0.4) is 0 Å². The zero-order chi connectivity index (χ0) is 25.7. The molecule has 0 aliphatic carbocycles. The van der Waals surface area contributed by atoms with Crippen LogP contribution in [0, 0.1) is 5.92 Å². The van der Waals surface area contributed by atoms with Crippen molar-refractivity contribution < 1.29 is 18.0 Å². The molecule has 194 valence electrons. The van der Waals surface area contributed by atoms with Crippen molar-refractivity contribution in [3.63, 3.8) is 0 Å². The Labute approximate surface area is 210 Å². The smallest absolute Gasteiger partial charge is 0.375 e. The van der Waals surface area contributed by atoms with Crippen molar-refractivity contribution in [3.05, 3.63) is 71.6 Å². The standard InChI is InChI=1S/C27H34F3N5O/c1-19(2)35-13-9-24(10-14-35)33-25-15-21(7-11-31-25)26(36)32-16-23(27(28,29)30)18-34-12-8-20-5-3-4-6-22(20)17-34/h3-7,11,15,23-24H,1,8-10,12-14,16-18H2,2H3,(H,31,33)(H,32,36). The van der Waals surface area contributed by atoms with Crippen LogP contribution in [0.25, 0.3) is 0 Å². The summed E-state index contributed by atoms with van der Waals surface area (Å²) in [6.07, 6.45) is -0.342. The van der Waals surface area contributed by atoms with E-state index in [4.69, 9.17) is 0 Å². The number of allylic oxidation sites excluding steroid dienone is 1. The Hall–Kier alpha value is -3.07. The van der Waals surface area contributed by atoms with Crippen LogP contribution in [0.5, 0.6) is 0 Å². The van der Waals surface area contributed by atoms with Gasteiger partial charge in [-0.05, 0) is 49.4 Å². The van der Waals surface area contributed by atoms with Crippen LogP contribution in [-0.2, 0) is 13.0 Å². The molecule has 3 heterocycles. The monoisotopic (exact) mass is 501 g/mol. The maximum Gasteiger partial charge on any atom is 0.394 e. The Bertz CT molecular complexity index is 1070. The number of fused-ring (bicyclic) bond motifs is 1. The number of benzene rings is 1. The van der Waals surface area contributed by atoms with Gasteiger partial charge >= 0.3 is 6.18 Å². The van der Waals surface area contributed by atoms with Crippen molar-refractivity contribution in [1.29, 1.82) is 0 Å². The average Bonchev–Trinajstić information content (AvgIpc) is 2.86. The number of hydrogen-bond donors (Lipinski definition) is 2. The Morgan fingerprint density at radius 3 is 2.58 bits per heavy atom. The van der Waals surface area contributed by atoms with Crippen LogP contribution in [0.4, 0.5) is 19.0 Å². The van der Waals surface area contributed by atoms with Crippen LogP contribution in [-0.4, -0.2) is 65.6 Å². The van der Waals surface area contributed by atoms with Crippen LogP contribution in [0.15, 0.2) is 54.9 Å². The Kier molecular flexibility index (Phi) is 8.18. The number of nitrogens with one attached hydrogen (secondary N) is 2. The van der Waals surface area contributed by atoms with E-state index in [-0.39, 0.29) is 12.6 Å². The number of hydrogen-bond acceptors (Lipinski definition) is 5. The molecule has 6 nitrogen and oxygen atoms in total. The van der Waals surface area contributed by atoms with E-state index >= 15 is 0 Å². The minimum atomic E-state index is -4.41. The first-order valence-corrected chi connectivity index (χ1v) is 12.5. The van der Waals surface area contributed by atoms with Gasteiger partial charge in [0.25, 0.3) is 5.91 Å². The number of carbonyl (C=O) groups excluding carboxylic acids is 1. The molecule has 1 atom stereocenters. The number of nitrogens with zero attached hydrogens (tertiary/aromatic N) is 3. The second-order valence-corrected chi connectivity index (χ2v) is 9.77. The van der Waals surface area contributed by atoms with Crippen LogP contribution < -0.4 is 10.6 Å². The first kappa shape index (κ1) is 26.0. The molecule has 2 aliphatic rings. The fourth-order valence-corrected chi connectivity index (χ4v) is 4.89. The summed E-state index contributed by atoms with van der Waals surface area (Å²) >= 11 is 0. The number of carbonyl (C=O) groups is 1. The second kappa shape index (κ2) is 11.3. The molecule has 0 bridgehead atoms. The van der Waals surface area contributed by atoms with E-state index in [1.165, 1.54) is 17.8 Å². The van der Waals surface area contributed by atoms with Gasteiger partial charge in [-0.15, -0.1) is 0 Å². The van der Waals surface area contributed by atoms with Crippen molar-refractivity contribution >= 4 is 11.7 Å².